The molecule has 0 unspecified atom stereocenters. The van der Waals surface area contributed by atoms with E-state index in [9.17, 15) is 9.59 Å². The summed E-state index contributed by atoms with van der Waals surface area (Å²) >= 11 is 3.15. The van der Waals surface area contributed by atoms with Gasteiger partial charge in [-0.15, -0.1) is 0 Å². The quantitative estimate of drug-likeness (QED) is 0.867. The molecule has 0 saturated carbocycles. The molecule has 0 atom stereocenters. The zero-order chi connectivity index (χ0) is 15.2. The Labute approximate surface area is 130 Å². The monoisotopic (exact) mass is 350 g/mol. The van der Waals surface area contributed by atoms with E-state index < -0.39 is 0 Å². The van der Waals surface area contributed by atoms with Crippen LogP contribution in [0.1, 0.15) is 34.1 Å². The molecule has 1 aromatic carbocycles. The van der Waals surface area contributed by atoms with Crippen molar-refractivity contribution in [3.8, 4) is 0 Å². The van der Waals surface area contributed by atoms with E-state index in [1.165, 1.54) is 6.26 Å². The normalized spacial score (nSPS) is 10.2. The SMILES string of the molecule is CCCNC(=O)c1cccc(NC(=O)c2ccoc2Br)c1. The Balaban J connectivity index is 2.09. The van der Waals surface area contributed by atoms with Crippen LogP contribution >= 0.6 is 15.9 Å². The molecule has 1 heterocycles. The van der Waals surface area contributed by atoms with Crippen molar-refractivity contribution in [3.63, 3.8) is 0 Å². The average molecular weight is 351 g/mol. The fourth-order valence-corrected chi connectivity index (χ4v) is 2.15. The Bertz CT molecular complexity index is 652. The number of benzene rings is 1. The Hall–Kier alpha value is -2.08. The Morgan fingerprint density at radius 1 is 1.24 bits per heavy atom. The lowest BCUT2D eigenvalue weighted by Crippen LogP contribution is -2.24. The first-order valence-electron chi connectivity index (χ1n) is 6.54. The Kier molecular flexibility index (Phi) is 5.16. The lowest BCUT2D eigenvalue weighted by Gasteiger charge is -2.07. The minimum atomic E-state index is -0.304. The van der Waals surface area contributed by atoms with Crippen LogP contribution in [-0.2, 0) is 0 Å². The van der Waals surface area contributed by atoms with Crippen molar-refractivity contribution in [3.05, 3.63) is 52.4 Å². The van der Waals surface area contributed by atoms with E-state index in [0.29, 0.717) is 28.0 Å². The van der Waals surface area contributed by atoms with Crippen LogP contribution in [0.5, 0.6) is 0 Å². The average Bonchev–Trinajstić information content (AvgIpc) is 2.91. The summed E-state index contributed by atoms with van der Waals surface area (Å²) in [5.41, 5.74) is 1.46. The number of carbonyl (C=O) groups excluding carboxylic acids is 2. The van der Waals surface area contributed by atoms with Gasteiger partial charge in [-0.05, 0) is 46.6 Å². The van der Waals surface area contributed by atoms with Gasteiger partial charge in [0.1, 0.15) is 0 Å². The summed E-state index contributed by atoms with van der Waals surface area (Å²) in [7, 11) is 0. The van der Waals surface area contributed by atoms with Gasteiger partial charge in [-0.25, -0.2) is 0 Å². The fraction of sp³-hybridized carbons (Fsp3) is 0.200. The number of furan rings is 1. The fourth-order valence-electron chi connectivity index (χ4n) is 1.73. The molecular weight excluding hydrogens is 336 g/mol. The third-order valence-corrected chi connectivity index (χ3v) is 3.39. The lowest BCUT2D eigenvalue weighted by atomic mass is 10.2. The first kappa shape index (κ1) is 15.3. The van der Waals surface area contributed by atoms with E-state index in [2.05, 4.69) is 26.6 Å². The number of hydrogen-bond acceptors (Lipinski definition) is 3. The van der Waals surface area contributed by atoms with Gasteiger partial charge in [0.05, 0.1) is 11.8 Å². The van der Waals surface area contributed by atoms with Crippen LogP contribution < -0.4 is 10.6 Å². The Morgan fingerprint density at radius 2 is 2.05 bits per heavy atom. The summed E-state index contributed by atoms with van der Waals surface area (Å²) in [6.45, 7) is 2.61. The molecule has 0 aliphatic rings. The first-order chi connectivity index (χ1) is 10.1. The Morgan fingerprint density at radius 3 is 2.71 bits per heavy atom. The number of nitrogens with one attached hydrogen (secondary N) is 2. The van der Waals surface area contributed by atoms with Crippen molar-refractivity contribution in [1.82, 2.24) is 5.32 Å². The van der Waals surface area contributed by atoms with E-state index in [1.54, 1.807) is 30.3 Å². The number of anilines is 1. The van der Waals surface area contributed by atoms with Gasteiger partial charge in [0.25, 0.3) is 11.8 Å². The van der Waals surface area contributed by atoms with Crippen LogP contribution in [0.15, 0.2) is 45.7 Å². The van der Waals surface area contributed by atoms with Crippen molar-refractivity contribution in [2.24, 2.45) is 0 Å². The maximum Gasteiger partial charge on any atom is 0.260 e. The van der Waals surface area contributed by atoms with E-state index >= 15 is 0 Å². The van der Waals surface area contributed by atoms with Crippen LogP contribution in [0.25, 0.3) is 0 Å². The van der Waals surface area contributed by atoms with Gasteiger partial charge in [-0.1, -0.05) is 13.0 Å². The summed E-state index contributed by atoms with van der Waals surface area (Å²) in [6.07, 6.45) is 2.30. The predicted molar refractivity (Wildman–Crippen MR) is 83.4 cm³/mol. The van der Waals surface area contributed by atoms with Gasteiger partial charge in [0.15, 0.2) is 4.67 Å². The highest BCUT2D eigenvalue weighted by molar-refractivity contribution is 9.10. The molecule has 0 radical (unpaired) electrons. The zero-order valence-corrected chi connectivity index (χ0v) is 13.1. The number of rotatable bonds is 5. The van der Waals surface area contributed by atoms with Crippen molar-refractivity contribution in [1.29, 1.82) is 0 Å². The summed E-state index contributed by atoms with van der Waals surface area (Å²) in [6, 6.07) is 8.35. The third kappa shape index (κ3) is 3.95. The van der Waals surface area contributed by atoms with Gasteiger partial charge in [-0.2, -0.15) is 0 Å². The molecule has 0 spiro atoms. The summed E-state index contributed by atoms with van der Waals surface area (Å²) < 4.78 is 5.39. The molecule has 2 N–H and O–H groups in total. The van der Waals surface area contributed by atoms with Gasteiger partial charge < -0.3 is 15.1 Å². The summed E-state index contributed by atoms with van der Waals surface area (Å²) in [4.78, 5) is 23.9. The van der Waals surface area contributed by atoms with Crippen molar-refractivity contribution >= 4 is 33.4 Å². The highest BCUT2D eigenvalue weighted by Gasteiger charge is 2.13. The van der Waals surface area contributed by atoms with Crippen LogP contribution in [0.2, 0.25) is 0 Å². The number of halogens is 1. The lowest BCUT2D eigenvalue weighted by molar-refractivity contribution is 0.0952. The molecule has 2 aromatic rings. The number of hydrogen-bond donors (Lipinski definition) is 2. The second-order valence-electron chi connectivity index (χ2n) is 4.40. The molecule has 0 saturated heterocycles. The molecular formula is C15H15BrN2O3. The topological polar surface area (TPSA) is 71.3 Å². The zero-order valence-electron chi connectivity index (χ0n) is 11.5. The maximum absolute atomic E-state index is 12.0. The molecule has 6 heteroatoms. The van der Waals surface area contributed by atoms with Crippen LogP contribution in [0.3, 0.4) is 0 Å². The standard InChI is InChI=1S/C15H15BrN2O3/c1-2-7-17-14(19)10-4-3-5-11(9-10)18-15(20)12-6-8-21-13(12)16/h3-6,8-9H,2,7H2,1H3,(H,17,19)(H,18,20). The predicted octanol–water partition coefficient (Wildman–Crippen LogP) is 3.43. The molecule has 5 nitrogen and oxygen atoms in total. The summed E-state index contributed by atoms with van der Waals surface area (Å²) in [5, 5.41) is 5.52. The van der Waals surface area contributed by atoms with Crippen molar-refractivity contribution < 1.29 is 14.0 Å². The van der Waals surface area contributed by atoms with Crippen molar-refractivity contribution in [2.45, 2.75) is 13.3 Å². The minimum absolute atomic E-state index is 0.155. The molecule has 2 amide bonds. The van der Waals surface area contributed by atoms with Gasteiger partial charge in [-0.3, -0.25) is 9.59 Å². The molecule has 110 valence electrons. The molecule has 1 aromatic heterocycles. The first-order valence-corrected chi connectivity index (χ1v) is 7.33. The maximum atomic E-state index is 12.0. The van der Waals surface area contributed by atoms with Gasteiger partial charge in [0.2, 0.25) is 0 Å². The third-order valence-electron chi connectivity index (χ3n) is 2.78. The van der Waals surface area contributed by atoms with Gasteiger partial charge in [0, 0.05) is 17.8 Å². The molecule has 0 aliphatic carbocycles. The van der Waals surface area contributed by atoms with E-state index in [-0.39, 0.29) is 11.8 Å². The number of carbonyl (C=O) groups is 2. The van der Waals surface area contributed by atoms with Crippen LogP contribution in [-0.4, -0.2) is 18.4 Å². The van der Waals surface area contributed by atoms with E-state index in [4.69, 9.17) is 4.42 Å². The highest BCUT2D eigenvalue weighted by atomic mass is 79.9. The van der Waals surface area contributed by atoms with Crippen molar-refractivity contribution in [2.75, 3.05) is 11.9 Å². The molecule has 0 fully saturated rings. The molecule has 2 rings (SSSR count). The summed E-state index contributed by atoms with van der Waals surface area (Å²) in [5.74, 6) is -0.459. The number of amides is 2. The molecule has 0 aliphatic heterocycles. The smallest absolute Gasteiger partial charge is 0.260 e. The molecule has 21 heavy (non-hydrogen) atoms. The second kappa shape index (κ2) is 7.08. The van der Waals surface area contributed by atoms with Gasteiger partial charge >= 0.3 is 0 Å². The van der Waals surface area contributed by atoms with E-state index in [1.807, 2.05) is 6.92 Å². The van der Waals surface area contributed by atoms with E-state index in [0.717, 1.165) is 6.42 Å². The molecule has 0 bridgehead atoms. The largest absolute Gasteiger partial charge is 0.457 e. The minimum Gasteiger partial charge on any atom is -0.457 e. The van der Waals surface area contributed by atoms with Crippen LogP contribution in [0.4, 0.5) is 5.69 Å². The van der Waals surface area contributed by atoms with Crippen LogP contribution in [0, 0.1) is 0 Å². The highest BCUT2D eigenvalue weighted by Crippen LogP contribution is 2.19. The second-order valence-corrected chi connectivity index (χ2v) is 5.12.